The van der Waals surface area contributed by atoms with Crippen molar-refractivity contribution < 1.29 is 19.8 Å². The zero-order chi connectivity index (χ0) is 10.7. The van der Waals surface area contributed by atoms with Crippen LogP contribution in [0.15, 0.2) is 16.6 Å². The zero-order valence-electron chi connectivity index (χ0n) is 6.90. The van der Waals surface area contributed by atoms with Gasteiger partial charge in [0.1, 0.15) is 18.0 Å². The standard InChI is InChI=1S/C8H6BrNO4/c9-4-1-5(7(12)3-11)10-6(2-4)8(13)14/h1-2,11H,3H2,(H,13,14). The van der Waals surface area contributed by atoms with Gasteiger partial charge in [-0.25, -0.2) is 9.78 Å². The van der Waals surface area contributed by atoms with Crippen LogP contribution in [0.4, 0.5) is 0 Å². The van der Waals surface area contributed by atoms with E-state index in [4.69, 9.17) is 10.2 Å². The van der Waals surface area contributed by atoms with Crippen molar-refractivity contribution in [2.45, 2.75) is 0 Å². The number of aromatic nitrogens is 1. The number of Topliss-reactive ketones (excluding diaryl/α,β-unsaturated/α-hetero) is 1. The van der Waals surface area contributed by atoms with Crippen LogP contribution in [0.25, 0.3) is 0 Å². The first kappa shape index (κ1) is 10.8. The van der Waals surface area contributed by atoms with Crippen molar-refractivity contribution in [1.82, 2.24) is 4.98 Å². The lowest BCUT2D eigenvalue weighted by atomic mass is 10.2. The number of carboxylic acids is 1. The summed E-state index contributed by atoms with van der Waals surface area (Å²) in [5.74, 6) is -1.84. The Kier molecular flexibility index (Phi) is 3.32. The number of hydrogen-bond acceptors (Lipinski definition) is 4. The molecule has 0 radical (unpaired) electrons. The van der Waals surface area contributed by atoms with Crippen LogP contribution < -0.4 is 0 Å². The molecule has 0 saturated carbocycles. The van der Waals surface area contributed by atoms with Gasteiger partial charge >= 0.3 is 5.97 Å². The molecule has 5 nitrogen and oxygen atoms in total. The number of carboxylic acid groups (broad SMARTS) is 1. The molecule has 14 heavy (non-hydrogen) atoms. The molecule has 74 valence electrons. The largest absolute Gasteiger partial charge is 0.477 e. The lowest BCUT2D eigenvalue weighted by Crippen LogP contribution is -2.10. The summed E-state index contributed by atoms with van der Waals surface area (Å²) >= 11 is 3.04. The van der Waals surface area contributed by atoms with Crippen molar-refractivity contribution >= 4 is 27.7 Å². The molecular weight excluding hydrogens is 254 g/mol. The molecule has 1 aromatic heterocycles. The van der Waals surface area contributed by atoms with Crippen molar-refractivity contribution in [1.29, 1.82) is 0 Å². The Balaban J connectivity index is 3.20. The third kappa shape index (κ3) is 2.36. The molecule has 0 aliphatic rings. The number of carbonyl (C=O) groups excluding carboxylic acids is 1. The van der Waals surface area contributed by atoms with Gasteiger partial charge in [-0.1, -0.05) is 15.9 Å². The maximum Gasteiger partial charge on any atom is 0.354 e. The summed E-state index contributed by atoms with van der Waals surface area (Å²) in [6.07, 6.45) is 0. The summed E-state index contributed by atoms with van der Waals surface area (Å²) in [4.78, 5) is 25.1. The summed E-state index contributed by atoms with van der Waals surface area (Å²) in [7, 11) is 0. The molecule has 2 N–H and O–H groups in total. The first-order chi connectivity index (χ1) is 6.54. The average molecular weight is 260 g/mol. The molecular formula is C8H6BrNO4. The van der Waals surface area contributed by atoms with Crippen LogP contribution in [0.3, 0.4) is 0 Å². The lowest BCUT2D eigenvalue weighted by molar-refractivity contribution is 0.0690. The summed E-state index contributed by atoms with van der Waals surface area (Å²) in [6.45, 7) is -0.692. The normalized spacial score (nSPS) is 9.86. The minimum Gasteiger partial charge on any atom is -0.477 e. The van der Waals surface area contributed by atoms with Gasteiger partial charge in [0.05, 0.1) is 0 Å². The maximum atomic E-state index is 11.0. The number of nitrogens with zero attached hydrogens (tertiary/aromatic N) is 1. The first-order valence-electron chi connectivity index (χ1n) is 3.59. The molecule has 0 bridgehead atoms. The van der Waals surface area contributed by atoms with Gasteiger partial charge in [-0.3, -0.25) is 4.79 Å². The Hall–Kier alpha value is -1.27. The molecule has 0 saturated heterocycles. The van der Waals surface area contributed by atoms with E-state index >= 15 is 0 Å². The molecule has 0 aliphatic carbocycles. The van der Waals surface area contributed by atoms with Gasteiger partial charge in [0.15, 0.2) is 0 Å². The van der Waals surface area contributed by atoms with E-state index in [0.29, 0.717) is 4.47 Å². The van der Waals surface area contributed by atoms with Crippen molar-refractivity contribution in [3.05, 3.63) is 28.0 Å². The van der Waals surface area contributed by atoms with Gasteiger partial charge < -0.3 is 10.2 Å². The average Bonchev–Trinajstić information content (AvgIpc) is 2.15. The highest BCUT2D eigenvalue weighted by Crippen LogP contribution is 2.13. The minimum absolute atomic E-state index is 0.0701. The highest BCUT2D eigenvalue weighted by molar-refractivity contribution is 9.10. The van der Waals surface area contributed by atoms with Gasteiger partial charge in [0.2, 0.25) is 5.78 Å². The molecule has 0 amide bonds. The van der Waals surface area contributed by atoms with Crippen LogP contribution >= 0.6 is 15.9 Å². The number of carbonyl (C=O) groups is 2. The second-order valence-electron chi connectivity index (χ2n) is 2.44. The number of ketones is 1. The summed E-state index contributed by atoms with van der Waals surface area (Å²) in [6, 6.07) is 2.63. The minimum atomic E-state index is -1.22. The molecule has 6 heteroatoms. The van der Waals surface area contributed by atoms with E-state index in [0.717, 1.165) is 0 Å². The van der Waals surface area contributed by atoms with E-state index in [2.05, 4.69) is 20.9 Å². The number of aliphatic hydroxyl groups excluding tert-OH is 1. The Morgan fingerprint density at radius 3 is 2.43 bits per heavy atom. The highest BCUT2D eigenvalue weighted by atomic mass is 79.9. The number of hydrogen-bond donors (Lipinski definition) is 2. The Labute approximate surface area is 87.5 Å². The molecule has 0 unspecified atom stereocenters. The van der Waals surface area contributed by atoms with Crippen molar-refractivity contribution in [2.75, 3.05) is 6.61 Å². The Morgan fingerprint density at radius 1 is 1.36 bits per heavy atom. The van der Waals surface area contributed by atoms with Gasteiger partial charge in [0.25, 0.3) is 0 Å². The van der Waals surface area contributed by atoms with Crippen molar-refractivity contribution in [2.24, 2.45) is 0 Å². The second kappa shape index (κ2) is 4.30. The van der Waals surface area contributed by atoms with Crippen LogP contribution in [0.2, 0.25) is 0 Å². The predicted octanol–water partition coefficient (Wildman–Crippen LogP) is 0.717. The third-order valence-electron chi connectivity index (χ3n) is 1.44. The van der Waals surface area contributed by atoms with Crippen molar-refractivity contribution in [3.63, 3.8) is 0 Å². The van der Waals surface area contributed by atoms with Gasteiger partial charge in [-0.2, -0.15) is 0 Å². The molecule has 0 atom stereocenters. The molecule has 0 fully saturated rings. The Bertz CT molecular complexity index is 391. The van der Waals surface area contributed by atoms with E-state index in [1.165, 1.54) is 12.1 Å². The molecule has 1 rings (SSSR count). The van der Waals surface area contributed by atoms with Crippen molar-refractivity contribution in [3.8, 4) is 0 Å². The maximum absolute atomic E-state index is 11.0. The van der Waals surface area contributed by atoms with E-state index < -0.39 is 18.4 Å². The van der Waals surface area contributed by atoms with E-state index in [1.54, 1.807) is 0 Å². The Morgan fingerprint density at radius 2 is 1.93 bits per heavy atom. The van der Waals surface area contributed by atoms with Crippen LogP contribution in [0.1, 0.15) is 21.0 Å². The number of pyridine rings is 1. The predicted molar refractivity (Wildman–Crippen MR) is 50.3 cm³/mol. The highest BCUT2D eigenvalue weighted by Gasteiger charge is 2.12. The van der Waals surface area contributed by atoms with Crippen LogP contribution in [-0.2, 0) is 0 Å². The fraction of sp³-hybridized carbons (Fsp3) is 0.125. The second-order valence-corrected chi connectivity index (χ2v) is 3.36. The van der Waals surface area contributed by atoms with Crippen LogP contribution in [0.5, 0.6) is 0 Å². The first-order valence-corrected chi connectivity index (χ1v) is 4.39. The lowest BCUT2D eigenvalue weighted by Gasteiger charge is -2.00. The topological polar surface area (TPSA) is 87.5 Å². The molecule has 0 spiro atoms. The van der Waals surface area contributed by atoms with E-state index in [1.807, 2.05) is 0 Å². The molecule has 1 heterocycles. The smallest absolute Gasteiger partial charge is 0.354 e. The zero-order valence-corrected chi connectivity index (χ0v) is 8.48. The quantitative estimate of drug-likeness (QED) is 0.781. The fourth-order valence-corrected chi connectivity index (χ4v) is 1.26. The molecule has 0 aliphatic heterocycles. The van der Waals surface area contributed by atoms with Gasteiger partial charge in [0, 0.05) is 4.47 Å². The fourth-order valence-electron chi connectivity index (χ4n) is 0.831. The van der Waals surface area contributed by atoms with Gasteiger partial charge in [-0.05, 0) is 12.1 Å². The van der Waals surface area contributed by atoms with Gasteiger partial charge in [-0.15, -0.1) is 0 Å². The monoisotopic (exact) mass is 259 g/mol. The summed E-state index contributed by atoms with van der Waals surface area (Å²) in [5, 5.41) is 17.2. The number of halogens is 1. The third-order valence-corrected chi connectivity index (χ3v) is 1.90. The van der Waals surface area contributed by atoms with E-state index in [9.17, 15) is 9.59 Å². The molecule has 1 aromatic rings. The van der Waals surface area contributed by atoms with Crippen LogP contribution in [0, 0.1) is 0 Å². The summed E-state index contributed by atoms with van der Waals surface area (Å²) < 4.78 is 0.432. The number of rotatable bonds is 3. The molecule has 0 aromatic carbocycles. The SMILES string of the molecule is O=C(O)c1cc(Br)cc(C(=O)CO)n1. The summed E-state index contributed by atoms with van der Waals surface area (Å²) in [5.41, 5.74) is -0.310. The number of aromatic carboxylic acids is 1. The van der Waals surface area contributed by atoms with Crippen LogP contribution in [-0.4, -0.2) is 33.6 Å². The van der Waals surface area contributed by atoms with E-state index in [-0.39, 0.29) is 11.4 Å². The number of aliphatic hydroxyl groups is 1.